The smallest absolute Gasteiger partial charge is 0.265 e. The Bertz CT molecular complexity index is 652. The summed E-state index contributed by atoms with van der Waals surface area (Å²) in [6.07, 6.45) is -0.752. The van der Waals surface area contributed by atoms with E-state index in [1.54, 1.807) is 44.2 Å². The number of aryl methyl sites for hydroxylation is 1. The van der Waals surface area contributed by atoms with Crippen molar-refractivity contribution in [2.24, 2.45) is 0 Å². The first kappa shape index (κ1) is 16.0. The van der Waals surface area contributed by atoms with Gasteiger partial charge in [-0.1, -0.05) is 12.1 Å². The average Bonchev–Trinajstić information content (AvgIpc) is 2.46. The van der Waals surface area contributed by atoms with Crippen molar-refractivity contribution in [2.45, 2.75) is 26.6 Å². The molecule has 116 valence electrons. The summed E-state index contributed by atoms with van der Waals surface area (Å²) in [7, 11) is 0. The van der Waals surface area contributed by atoms with Crippen LogP contribution in [0.5, 0.6) is 5.75 Å². The van der Waals surface area contributed by atoms with Gasteiger partial charge in [0, 0.05) is 5.69 Å². The van der Waals surface area contributed by atoms with E-state index < -0.39 is 11.9 Å². The van der Waals surface area contributed by atoms with Crippen molar-refractivity contribution in [3.63, 3.8) is 0 Å². The number of halogens is 1. The zero-order valence-corrected chi connectivity index (χ0v) is 12.5. The molecule has 1 atom stereocenters. The minimum Gasteiger partial charge on any atom is -0.481 e. The lowest BCUT2D eigenvalue weighted by Gasteiger charge is -2.15. The largest absolute Gasteiger partial charge is 0.481 e. The molecule has 5 heteroatoms. The zero-order chi connectivity index (χ0) is 16.1. The van der Waals surface area contributed by atoms with E-state index in [1.165, 1.54) is 12.1 Å². The maximum Gasteiger partial charge on any atom is 0.265 e. The molecule has 0 bridgehead atoms. The molecule has 1 unspecified atom stereocenters. The lowest BCUT2D eigenvalue weighted by atomic mass is 10.2. The Balaban J connectivity index is 2.02. The lowest BCUT2D eigenvalue weighted by Crippen LogP contribution is -2.30. The Labute approximate surface area is 128 Å². The number of hydrogen-bond donors (Lipinski definition) is 2. The SMILES string of the molecule is Cc1cc(F)cc(NC(=O)C(C)Oc2cccc(CO)c2)c1. The van der Waals surface area contributed by atoms with Crippen LogP contribution in [0.4, 0.5) is 10.1 Å². The van der Waals surface area contributed by atoms with Gasteiger partial charge in [0.1, 0.15) is 11.6 Å². The Morgan fingerprint density at radius 3 is 2.77 bits per heavy atom. The topological polar surface area (TPSA) is 58.6 Å². The number of nitrogens with one attached hydrogen (secondary N) is 1. The van der Waals surface area contributed by atoms with E-state index in [2.05, 4.69) is 5.32 Å². The van der Waals surface area contributed by atoms with Crippen molar-refractivity contribution in [3.05, 3.63) is 59.4 Å². The minimum absolute atomic E-state index is 0.0969. The molecule has 0 saturated heterocycles. The number of ether oxygens (including phenoxy) is 1. The van der Waals surface area contributed by atoms with Crippen LogP contribution < -0.4 is 10.1 Å². The number of benzene rings is 2. The lowest BCUT2D eigenvalue weighted by molar-refractivity contribution is -0.122. The fourth-order valence-electron chi connectivity index (χ4n) is 2.03. The number of carbonyl (C=O) groups is 1. The van der Waals surface area contributed by atoms with Crippen LogP contribution in [0.3, 0.4) is 0 Å². The summed E-state index contributed by atoms with van der Waals surface area (Å²) < 4.78 is 18.8. The molecule has 2 aromatic rings. The quantitative estimate of drug-likeness (QED) is 0.892. The molecule has 0 fully saturated rings. The van der Waals surface area contributed by atoms with Crippen LogP contribution in [0.25, 0.3) is 0 Å². The summed E-state index contributed by atoms with van der Waals surface area (Å²) in [4.78, 5) is 12.1. The highest BCUT2D eigenvalue weighted by atomic mass is 19.1. The molecular formula is C17H18FNO3. The zero-order valence-electron chi connectivity index (χ0n) is 12.5. The highest BCUT2D eigenvalue weighted by molar-refractivity contribution is 5.94. The number of rotatable bonds is 5. The van der Waals surface area contributed by atoms with Gasteiger partial charge in [-0.3, -0.25) is 4.79 Å². The first-order valence-electron chi connectivity index (χ1n) is 6.92. The van der Waals surface area contributed by atoms with Crippen molar-refractivity contribution in [2.75, 3.05) is 5.32 Å². The fourth-order valence-corrected chi connectivity index (χ4v) is 2.03. The number of carbonyl (C=O) groups excluding carboxylic acids is 1. The molecule has 4 nitrogen and oxygen atoms in total. The molecule has 0 aliphatic carbocycles. The number of amides is 1. The standard InChI is InChI=1S/C17H18FNO3/c1-11-6-14(18)9-15(7-11)19-17(21)12(2)22-16-5-3-4-13(8-16)10-20/h3-9,12,20H,10H2,1-2H3,(H,19,21). The summed E-state index contributed by atoms with van der Waals surface area (Å²) in [6.45, 7) is 3.26. The van der Waals surface area contributed by atoms with Crippen LogP contribution in [0.15, 0.2) is 42.5 Å². The molecule has 2 N–H and O–H groups in total. The van der Waals surface area contributed by atoms with Crippen LogP contribution in [-0.2, 0) is 11.4 Å². The molecule has 1 amide bonds. The molecule has 0 heterocycles. The van der Waals surface area contributed by atoms with Gasteiger partial charge in [-0.15, -0.1) is 0 Å². The van der Waals surface area contributed by atoms with Gasteiger partial charge in [0.05, 0.1) is 6.61 Å². The molecule has 2 rings (SSSR count). The van der Waals surface area contributed by atoms with E-state index >= 15 is 0 Å². The third-order valence-corrected chi connectivity index (χ3v) is 3.07. The van der Waals surface area contributed by atoms with E-state index in [-0.39, 0.29) is 12.5 Å². The number of anilines is 1. The van der Waals surface area contributed by atoms with Crippen LogP contribution in [0, 0.1) is 12.7 Å². The number of aliphatic hydroxyl groups excluding tert-OH is 1. The van der Waals surface area contributed by atoms with Crippen molar-refractivity contribution >= 4 is 11.6 Å². The average molecular weight is 303 g/mol. The van der Waals surface area contributed by atoms with Gasteiger partial charge in [0.25, 0.3) is 5.91 Å². The first-order chi connectivity index (χ1) is 10.5. The Morgan fingerprint density at radius 1 is 1.32 bits per heavy atom. The third-order valence-electron chi connectivity index (χ3n) is 3.07. The van der Waals surface area contributed by atoms with Crippen molar-refractivity contribution in [3.8, 4) is 5.75 Å². The van der Waals surface area contributed by atoms with E-state index in [0.717, 1.165) is 5.56 Å². The summed E-state index contributed by atoms with van der Waals surface area (Å²) in [5.41, 5.74) is 1.81. The van der Waals surface area contributed by atoms with Gasteiger partial charge in [0.2, 0.25) is 0 Å². The predicted octanol–water partition coefficient (Wildman–Crippen LogP) is 3.03. The van der Waals surface area contributed by atoms with E-state index in [0.29, 0.717) is 17.0 Å². The van der Waals surface area contributed by atoms with Crippen molar-refractivity contribution < 1.29 is 19.0 Å². The van der Waals surface area contributed by atoms with Gasteiger partial charge >= 0.3 is 0 Å². The second-order valence-electron chi connectivity index (χ2n) is 5.07. The first-order valence-corrected chi connectivity index (χ1v) is 6.92. The second-order valence-corrected chi connectivity index (χ2v) is 5.07. The normalized spacial score (nSPS) is 11.8. The number of hydrogen-bond acceptors (Lipinski definition) is 3. The van der Waals surface area contributed by atoms with Gasteiger partial charge in [-0.05, 0) is 55.3 Å². The van der Waals surface area contributed by atoms with E-state index in [9.17, 15) is 9.18 Å². The molecule has 0 aliphatic rings. The summed E-state index contributed by atoms with van der Waals surface area (Å²) in [5.74, 6) is -0.288. The number of aliphatic hydroxyl groups is 1. The summed E-state index contributed by atoms with van der Waals surface area (Å²) in [6, 6.07) is 11.2. The minimum atomic E-state index is -0.752. The molecule has 0 radical (unpaired) electrons. The van der Waals surface area contributed by atoms with E-state index in [1.807, 2.05) is 0 Å². The Hall–Kier alpha value is -2.40. The Morgan fingerprint density at radius 2 is 2.09 bits per heavy atom. The van der Waals surface area contributed by atoms with Gasteiger partial charge < -0.3 is 15.2 Å². The monoisotopic (exact) mass is 303 g/mol. The summed E-state index contributed by atoms with van der Waals surface area (Å²) >= 11 is 0. The van der Waals surface area contributed by atoms with Crippen molar-refractivity contribution in [1.29, 1.82) is 0 Å². The van der Waals surface area contributed by atoms with Gasteiger partial charge in [0.15, 0.2) is 6.10 Å². The fraction of sp³-hybridized carbons (Fsp3) is 0.235. The maximum atomic E-state index is 13.3. The molecule has 0 aromatic heterocycles. The van der Waals surface area contributed by atoms with Crippen LogP contribution in [-0.4, -0.2) is 17.1 Å². The van der Waals surface area contributed by atoms with Crippen molar-refractivity contribution in [1.82, 2.24) is 0 Å². The highest BCUT2D eigenvalue weighted by Crippen LogP contribution is 2.17. The second kappa shape index (κ2) is 7.04. The van der Waals surface area contributed by atoms with Gasteiger partial charge in [-0.2, -0.15) is 0 Å². The summed E-state index contributed by atoms with van der Waals surface area (Å²) in [5, 5.41) is 11.7. The van der Waals surface area contributed by atoms with Crippen LogP contribution >= 0.6 is 0 Å². The molecule has 22 heavy (non-hydrogen) atoms. The molecule has 0 spiro atoms. The third kappa shape index (κ3) is 4.30. The molecule has 0 aliphatic heterocycles. The van der Waals surface area contributed by atoms with Crippen LogP contribution in [0.1, 0.15) is 18.1 Å². The highest BCUT2D eigenvalue weighted by Gasteiger charge is 2.15. The van der Waals surface area contributed by atoms with Gasteiger partial charge in [-0.25, -0.2) is 4.39 Å². The molecule has 2 aromatic carbocycles. The molecular weight excluding hydrogens is 285 g/mol. The maximum absolute atomic E-state index is 13.3. The predicted molar refractivity (Wildman–Crippen MR) is 82.2 cm³/mol. The molecule has 0 saturated carbocycles. The van der Waals surface area contributed by atoms with E-state index in [4.69, 9.17) is 9.84 Å². The Kier molecular flexibility index (Phi) is 5.12. The van der Waals surface area contributed by atoms with Crippen LogP contribution in [0.2, 0.25) is 0 Å².